The first-order valence-corrected chi connectivity index (χ1v) is 5.86. The number of anilines is 1. The summed E-state index contributed by atoms with van der Waals surface area (Å²) < 4.78 is 0. The summed E-state index contributed by atoms with van der Waals surface area (Å²) in [6.07, 6.45) is 0.826. The largest absolute Gasteiger partial charge is 0.477 e. The van der Waals surface area contributed by atoms with Gasteiger partial charge >= 0.3 is 11.7 Å². The van der Waals surface area contributed by atoms with Crippen LogP contribution in [0, 0.1) is 16.0 Å². The number of pyridine rings is 1. The Morgan fingerprint density at radius 1 is 1.63 bits per heavy atom. The van der Waals surface area contributed by atoms with Gasteiger partial charge in [-0.2, -0.15) is 0 Å². The zero-order chi connectivity index (χ0) is 14.0. The topological polar surface area (TPSA) is 123 Å². The van der Waals surface area contributed by atoms with E-state index in [-0.39, 0.29) is 23.1 Å². The fourth-order valence-electron chi connectivity index (χ4n) is 2.15. The van der Waals surface area contributed by atoms with E-state index in [2.05, 4.69) is 4.98 Å². The number of rotatable bonds is 4. The number of nitrogens with two attached hydrogens (primary N) is 1. The number of hydrogen-bond acceptors (Lipinski definition) is 6. The lowest BCUT2D eigenvalue weighted by atomic mass is 10.1. The number of carbonyl (C=O) groups is 1. The van der Waals surface area contributed by atoms with Gasteiger partial charge in [-0.15, -0.1) is 0 Å². The normalized spacial score (nSPS) is 18.6. The van der Waals surface area contributed by atoms with Crippen molar-refractivity contribution >= 4 is 17.5 Å². The Hall–Kier alpha value is -2.22. The summed E-state index contributed by atoms with van der Waals surface area (Å²) in [5.41, 5.74) is 5.20. The predicted octanol–water partition coefficient (Wildman–Crippen LogP) is 0.473. The van der Waals surface area contributed by atoms with Crippen LogP contribution in [0.25, 0.3) is 0 Å². The second-order valence-corrected chi connectivity index (χ2v) is 4.44. The summed E-state index contributed by atoms with van der Waals surface area (Å²) in [6.45, 7) is 1.66. The molecule has 2 heterocycles. The lowest BCUT2D eigenvalue weighted by Gasteiger charge is -2.17. The van der Waals surface area contributed by atoms with Gasteiger partial charge in [0, 0.05) is 19.2 Å². The molecule has 0 aliphatic carbocycles. The van der Waals surface area contributed by atoms with Crippen molar-refractivity contribution in [3.05, 3.63) is 27.9 Å². The van der Waals surface area contributed by atoms with E-state index in [4.69, 9.17) is 10.8 Å². The highest BCUT2D eigenvalue weighted by molar-refractivity contribution is 5.86. The van der Waals surface area contributed by atoms with Gasteiger partial charge in [-0.1, -0.05) is 0 Å². The molecule has 19 heavy (non-hydrogen) atoms. The molecule has 3 N–H and O–H groups in total. The quantitative estimate of drug-likeness (QED) is 0.599. The Bertz CT molecular complexity index is 519. The van der Waals surface area contributed by atoms with Crippen molar-refractivity contribution in [2.24, 2.45) is 11.7 Å². The van der Waals surface area contributed by atoms with Crippen LogP contribution in [0.5, 0.6) is 0 Å². The Balaban J connectivity index is 2.38. The molecule has 0 spiro atoms. The van der Waals surface area contributed by atoms with Crippen molar-refractivity contribution in [2.45, 2.75) is 6.42 Å². The summed E-state index contributed by atoms with van der Waals surface area (Å²) in [5.74, 6) is -0.832. The van der Waals surface area contributed by atoms with Gasteiger partial charge in [-0.25, -0.2) is 9.78 Å². The summed E-state index contributed by atoms with van der Waals surface area (Å²) in [7, 11) is 0. The zero-order valence-corrected chi connectivity index (χ0v) is 10.2. The van der Waals surface area contributed by atoms with E-state index >= 15 is 0 Å². The van der Waals surface area contributed by atoms with Crippen molar-refractivity contribution in [2.75, 3.05) is 24.5 Å². The van der Waals surface area contributed by atoms with Crippen LogP contribution in [-0.2, 0) is 0 Å². The van der Waals surface area contributed by atoms with E-state index < -0.39 is 10.9 Å². The first-order chi connectivity index (χ1) is 9.02. The molecule has 1 fully saturated rings. The third-order valence-electron chi connectivity index (χ3n) is 3.19. The molecule has 0 amide bonds. The molecule has 8 heteroatoms. The van der Waals surface area contributed by atoms with Crippen molar-refractivity contribution < 1.29 is 14.8 Å². The number of carboxylic acid groups (broad SMARTS) is 1. The van der Waals surface area contributed by atoms with E-state index in [9.17, 15) is 14.9 Å². The molecule has 2 rings (SSSR count). The van der Waals surface area contributed by atoms with E-state index in [0.29, 0.717) is 19.6 Å². The van der Waals surface area contributed by atoms with Crippen LogP contribution in [-0.4, -0.2) is 40.6 Å². The second-order valence-electron chi connectivity index (χ2n) is 4.44. The summed E-state index contributed by atoms with van der Waals surface area (Å²) in [5, 5.41) is 19.9. The highest BCUT2D eigenvalue weighted by Crippen LogP contribution is 2.30. The fraction of sp³-hybridized carbons (Fsp3) is 0.455. The molecule has 0 saturated carbocycles. The van der Waals surface area contributed by atoms with Gasteiger partial charge < -0.3 is 15.7 Å². The molecule has 1 aliphatic rings. The highest BCUT2D eigenvalue weighted by Gasteiger charge is 2.29. The number of nitro groups is 1. The van der Waals surface area contributed by atoms with Gasteiger partial charge in [-0.05, 0) is 24.9 Å². The first-order valence-electron chi connectivity index (χ1n) is 5.86. The Kier molecular flexibility index (Phi) is 3.61. The summed E-state index contributed by atoms with van der Waals surface area (Å²) in [6, 6.07) is 2.32. The minimum absolute atomic E-state index is 0.112. The second kappa shape index (κ2) is 5.19. The average molecular weight is 266 g/mol. The maximum Gasteiger partial charge on any atom is 0.354 e. The van der Waals surface area contributed by atoms with Gasteiger partial charge in [0.05, 0.1) is 4.92 Å². The van der Waals surface area contributed by atoms with E-state index in [1.165, 1.54) is 6.07 Å². The molecule has 1 saturated heterocycles. The van der Waals surface area contributed by atoms with Gasteiger partial charge in [0.15, 0.2) is 5.69 Å². The van der Waals surface area contributed by atoms with Crippen LogP contribution in [0.1, 0.15) is 16.9 Å². The molecule has 0 bridgehead atoms. The van der Waals surface area contributed by atoms with Gasteiger partial charge in [0.25, 0.3) is 0 Å². The third kappa shape index (κ3) is 2.63. The van der Waals surface area contributed by atoms with E-state index in [1.807, 2.05) is 0 Å². The lowest BCUT2D eigenvalue weighted by Crippen LogP contribution is -2.25. The molecule has 0 radical (unpaired) electrons. The predicted molar refractivity (Wildman–Crippen MR) is 67.2 cm³/mol. The molecule has 8 nitrogen and oxygen atoms in total. The smallest absolute Gasteiger partial charge is 0.354 e. The molecule has 1 aromatic rings. The van der Waals surface area contributed by atoms with Crippen LogP contribution in [0.2, 0.25) is 0 Å². The molecule has 0 aromatic carbocycles. The fourth-order valence-corrected chi connectivity index (χ4v) is 2.15. The lowest BCUT2D eigenvalue weighted by molar-refractivity contribution is -0.384. The minimum atomic E-state index is -1.20. The van der Waals surface area contributed by atoms with Gasteiger partial charge in [-0.3, -0.25) is 10.1 Å². The van der Waals surface area contributed by atoms with E-state index in [0.717, 1.165) is 12.5 Å². The number of aromatic nitrogens is 1. The average Bonchev–Trinajstić information content (AvgIpc) is 2.86. The number of hydrogen-bond donors (Lipinski definition) is 2. The van der Waals surface area contributed by atoms with Crippen molar-refractivity contribution in [3.8, 4) is 0 Å². The molecule has 1 atom stereocenters. The van der Waals surface area contributed by atoms with E-state index in [1.54, 1.807) is 4.90 Å². The van der Waals surface area contributed by atoms with Crippen LogP contribution in [0.15, 0.2) is 12.1 Å². The van der Waals surface area contributed by atoms with Crippen molar-refractivity contribution in [1.29, 1.82) is 0 Å². The molecule has 1 aromatic heterocycles. The maximum atomic E-state index is 11.0. The van der Waals surface area contributed by atoms with Gasteiger partial charge in [0.2, 0.25) is 5.82 Å². The number of nitrogens with zero attached hydrogens (tertiary/aromatic N) is 3. The van der Waals surface area contributed by atoms with Gasteiger partial charge in [0.1, 0.15) is 0 Å². The highest BCUT2D eigenvalue weighted by atomic mass is 16.6. The standard InChI is InChI=1S/C11H14N4O4/c12-5-7-3-4-14(6-7)10-9(15(18)19)2-1-8(13-10)11(16)17/h1-2,7H,3-6,12H2,(H,16,17). The summed E-state index contributed by atoms with van der Waals surface area (Å²) >= 11 is 0. The number of carboxylic acids is 1. The zero-order valence-electron chi connectivity index (χ0n) is 10.2. The monoisotopic (exact) mass is 266 g/mol. The Morgan fingerprint density at radius 2 is 2.37 bits per heavy atom. The first kappa shape index (κ1) is 13.2. The minimum Gasteiger partial charge on any atom is -0.477 e. The molecule has 1 unspecified atom stereocenters. The molecule has 1 aliphatic heterocycles. The maximum absolute atomic E-state index is 11.0. The van der Waals surface area contributed by atoms with Crippen LogP contribution in [0.4, 0.5) is 11.5 Å². The molecular weight excluding hydrogens is 252 g/mol. The van der Waals surface area contributed by atoms with Crippen molar-refractivity contribution in [3.63, 3.8) is 0 Å². The van der Waals surface area contributed by atoms with Crippen molar-refractivity contribution in [1.82, 2.24) is 4.98 Å². The van der Waals surface area contributed by atoms with Crippen LogP contribution < -0.4 is 10.6 Å². The van der Waals surface area contributed by atoms with Crippen LogP contribution >= 0.6 is 0 Å². The molecular formula is C11H14N4O4. The van der Waals surface area contributed by atoms with Crippen LogP contribution in [0.3, 0.4) is 0 Å². The summed E-state index contributed by atoms with van der Waals surface area (Å²) in [4.78, 5) is 26.9. The molecule has 102 valence electrons. The third-order valence-corrected chi connectivity index (χ3v) is 3.19. The number of aromatic carboxylic acids is 1. The Labute approximate surface area is 109 Å². The SMILES string of the molecule is NCC1CCN(c2nc(C(=O)O)ccc2[N+](=O)[O-])C1. The Morgan fingerprint density at radius 3 is 2.89 bits per heavy atom.